The van der Waals surface area contributed by atoms with E-state index < -0.39 is 5.97 Å². The molecular formula is C14H16N2O3. The van der Waals surface area contributed by atoms with E-state index in [1.807, 2.05) is 17.8 Å². The molecule has 0 bridgehead atoms. The molecule has 1 N–H and O–H groups in total. The quantitative estimate of drug-likeness (QED) is 0.861. The maximum atomic E-state index is 10.5. The van der Waals surface area contributed by atoms with Crippen LogP contribution in [0.1, 0.15) is 11.1 Å². The molecule has 5 nitrogen and oxygen atoms in total. The minimum atomic E-state index is -0.831. The molecule has 19 heavy (non-hydrogen) atoms. The molecule has 0 saturated carbocycles. The van der Waals surface area contributed by atoms with Crippen molar-refractivity contribution in [2.75, 3.05) is 6.61 Å². The zero-order chi connectivity index (χ0) is 13.7. The van der Waals surface area contributed by atoms with Crippen LogP contribution in [-0.2, 0) is 17.8 Å². The highest BCUT2D eigenvalue weighted by Gasteiger charge is 2.01. The molecule has 1 aromatic carbocycles. The van der Waals surface area contributed by atoms with Crippen LogP contribution in [-0.4, -0.2) is 27.5 Å². The summed E-state index contributed by atoms with van der Waals surface area (Å²) in [7, 11) is 0. The molecule has 1 heterocycles. The van der Waals surface area contributed by atoms with Gasteiger partial charge in [0.1, 0.15) is 12.4 Å². The lowest BCUT2D eigenvalue weighted by molar-refractivity contribution is -0.136. The number of hydrogen-bond donors (Lipinski definition) is 1. The monoisotopic (exact) mass is 260 g/mol. The van der Waals surface area contributed by atoms with Gasteiger partial charge in [-0.05, 0) is 30.2 Å². The minimum absolute atomic E-state index is 0.0346. The number of ether oxygens (including phenoxy) is 1. The van der Waals surface area contributed by atoms with Crippen LogP contribution in [0.5, 0.6) is 5.75 Å². The number of carbonyl (C=O) groups is 1. The number of aliphatic carboxylic acids is 1. The summed E-state index contributed by atoms with van der Waals surface area (Å²) in [5.41, 5.74) is 1.89. The van der Waals surface area contributed by atoms with Gasteiger partial charge in [-0.25, -0.2) is 0 Å². The fourth-order valence-electron chi connectivity index (χ4n) is 1.72. The average molecular weight is 260 g/mol. The first kappa shape index (κ1) is 13.1. The predicted octanol–water partition coefficient (Wildman–Crippen LogP) is 1.90. The Morgan fingerprint density at radius 2 is 2.11 bits per heavy atom. The topological polar surface area (TPSA) is 64.4 Å². The molecule has 2 rings (SSSR count). The molecule has 0 aliphatic rings. The van der Waals surface area contributed by atoms with Crippen LogP contribution in [0.15, 0.2) is 36.7 Å². The normalized spacial score (nSPS) is 10.4. The Bertz CT molecular complexity index is 546. The van der Waals surface area contributed by atoms with E-state index in [2.05, 4.69) is 5.10 Å². The first-order chi connectivity index (χ1) is 9.13. The van der Waals surface area contributed by atoms with Crippen molar-refractivity contribution in [1.82, 2.24) is 9.78 Å². The highest BCUT2D eigenvalue weighted by Crippen LogP contribution is 2.12. The van der Waals surface area contributed by atoms with Crippen molar-refractivity contribution in [3.63, 3.8) is 0 Å². The van der Waals surface area contributed by atoms with E-state index in [4.69, 9.17) is 9.84 Å². The lowest BCUT2D eigenvalue weighted by Crippen LogP contribution is -2.08. The summed E-state index contributed by atoms with van der Waals surface area (Å²) in [6.45, 7) is 3.20. The van der Waals surface area contributed by atoms with Crippen LogP contribution in [0.3, 0.4) is 0 Å². The van der Waals surface area contributed by atoms with Crippen molar-refractivity contribution in [1.29, 1.82) is 0 Å². The third-order valence-corrected chi connectivity index (χ3v) is 2.63. The van der Waals surface area contributed by atoms with E-state index in [1.54, 1.807) is 30.5 Å². The zero-order valence-electron chi connectivity index (χ0n) is 10.7. The zero-order valence-corrected chi connectivity index (χ0v) is 10.7. The number of nitrogens with zero attached hydrogens (tertiary/aromatic N) is 2. The van der Waals surface area contributed by atoms with Gasteiger partial charge in [0.05, 0.1) is 19.2 Å². The molecule has 0 saturated heterocycles. The van der Waals surface area contributed by atoms with Crippen molar-refractivity contribution >= 4 is 5.97 Å². The lowest BCUT2D eigenvalue weighted by Gasteiger charge is -2.06. The van der Waals surface area contributed by atoms with Gasteiger partial charge in [0.25, 0.3) is 0 Å². The highest BCUT2D eigenvalue weighted by molar-refractivity contribution is 5.70. The summed E-state index contributed by atoms with van der Waals surface area (Å²) in [4.78, 5) is 10.5. The van der Waals surface area contributed by atoms with Gasteiger partial charge < -0.3 is 9.84 Å². The van der Waals surface area contributed by atoms with Crippen LogP contribution in [0, 0.1) is 6.92 Å². The second-order valence-electron chi connectivity index (χ2n) is 4.34. The largest absolute Gasteiger partial charge is 0.492 e. The highest BCUT2D eigenvalue weighted by atomic mass is 16.5. The molecule has 0 aliphatic heterocycles. The Hall–Kier alpha value is -2.30. The fraction of sp³-hybridized carbons (Fsp3) is 0.286. The first-order valence-electron chi connectivity index (χ1n) is 6.06. The van der Waals surface area contributed by atoms with E-state index >= 15 is 0 Å². The van der Waals surface area contributed by atoms with E-state index in [1.165, 1.54) is 0 Å². The number of hydrogen-bond acceptors (Lipinski definition) is 3. The Kier molecular flexibility index (Phi) is 4.18. The number of aromatic nitrogens is 2. The number of benzene rings is 1. The smallest absolute Gasteiger partial charge is 0.307 e. The molecule has 0 unspecified atom stereocenters. The Morgan fingerprint density at radius 3 is 2.68 bits per heavy atom. The summed E-state index contributed by atoms with van der Waals surface area (Å²) in [6, 6.07) is 7.10. The van der Waals surface area contributed by atoms with Gasteiger partial charge in [0, 0.05) is 6.20 Å². The van der Waals surface area contributed by atoms with Gasteiger partial charge >= 0.3 is 5.97 Å². The second kappa shape index (κ2) is 6.04. The van der Waals surface area contributed by atoms with E-state index in [0.29, 0.717) is 13.2 Å². The van der Waals surface area contributed by atoms with Crippen molar-refractivity contribution in [2.24, 2.45) is 0 Å². The molecule has 0 radical (unpaired) electrons. The minimum Gasteiger partial charge on any atom is -0.492 e. The van der Waals surface area contributed by atoms with E-state index in [9.17, 15) is 4.79 Å². The number of aryl methyl sites for hydroxylation is 1. The third-order valence-electron chi connectivity index (χ3n) is 2.63. The fourth-order valence-corrected chi connectivity index (χ4v) is 1.72. The van der Waals surface area contributed by atoms with E-state index in [0.717, 1.165) is 16.9 Å². The summed E-state index contributed by atoms with van der Waals surface area (Å²) in [5.74, 6) is -0.0965. The molecule has 0 spiro atoms. The van der Waals surface area contributed by atoms with Crippen molar-refractivity contribution < 1.29 is 14.6 Å². The molecule has 0 atom stereocenters. The Labute approximate surface area is 111 Å². The van der Waals surface area contributed by atoms with Crippen molar-refractivity contribution in [3.05, 3.63) is 47.8 Å². The van der Waals surface area contributed by atoms with Crippen LogP contribution in [0.4, 0.5) is 0 Å². The molecule has 1 aromatic heterocycles. The van der Waals surface area contributed by atoms with Crippen LogP contribution in [0.2, 0.25) is 0 Å². The first-order valence-corrected chi connectivity index (χ1v) is 6.06. The van der Waals surface area contributed by atoms with Crippen molar-refractivity contribution in [2.45, 2.75) is 19.9 Å². The van der Waals surface area contributed by atoms with Gasteiger partial charge in [-0.1, -0.05) is 12.1 Å². The molecule has 0 aliphatic carbocycles. The Balaban J connectivity index is 1.81. The standard InChI is InChI=1S/C14H16N2O3/c1-11-9-15-16(10-11)6-7-19-13-4-2-12(3-5-13)8-14(17)18/h2-5,9-10H,6-8H2,1H3,(H,17,18). The maximum absolute atomic E-state index is 10.5. The maximum Gasteiger partial charge on any atom is 0.307 e. The van der Waals surface area contributed by atoms with Gasteiger partial charge in [-0.3, -0.25) is 9.48 Å². The molecule has 0 fully saturated rings. The van der Waals surface area contributed by atoms with E-state index in [-0.39, 0.29) is 6.42 Å². The van der Waals surface area contributed by atoms with Gasteiger partial charge in [0.2, 0.25) is 0 Å². The Morgan fingerprint density at radius 1 is 1.37 bits per heavy atom. The molecule has 100 valence electrons. The molecule has 0 amide bonds. The van der Waals surface area contributed by atoms with Gasteiger partial charge in [-0.2, -0.15) is 5.10 Å². The van der Waals surface area contributed by atoms with Gasteiger partial charge in [-0.15, -0.1) is 0 Å². The lowest BCUT2D eigenvalue weighted by atomic mass is 10.1. The predicted molar refractivity (Wildman–Crippen MR) is 70.2 cm³/mol. The third kappa shape index (κ3) is 4.13. The molecular weight excluding hydrogens is 244 g/mol. The van der Waals surface area contributed by atoms with Crippen molar-refractivity contribution in [3.8, 4) is 5.75 Å². The summed E-state index contributed by atoms with van der Waals surface area (Å²) in [5, 5.41) is 12.8. The molecule has 5 heteroatoms. The summed E-state index contributed by atoms with van der Waals surface area (Å²) in [6.07, 6.45) is 3.80. The van der Waals surface area contributed by atoms with Crippen LogP contribution < -0.4 is 4.74 Å². The number of carboxylic acids is 1. The number of rotatable bonds is 6. The van der Waals surface area contributed by atoms with Crippen LogP contribution >= 0.6 is 0 Å². The second-order valence-corrected chi connectivity index (χ2v) is 4.34. The van der Waals surface area contributed by atoms with Gasteiger partial charge in [0.15, 0.2) is 0 Å². The molecule has 2 aromatic rings. The SMILES string of the molecule is Cc1cnn(CCOc2ccc(CC(=O)O)cc2)c1. The summed E-state index contributed by atoms with van der Waals surface area (Å²) < 4.78 is 7.40. The summed E-state index contributed by atoms with van der Waals surface area (Å²) >= 11 is 0. The average Bonchev–Trinajstić information content (AvgIpc) is 2.77. The van der Waals surface area contributed by atoms with Crippen LogP contribution in [0.25, 0.3) is 0 Å². The number of carboxylic acid groups (broad SMARTS) is 1.